The van der Waals surface area contributed by atoms with Crippen molar-refractivity contribution < 1.29 is 33.7 Å². The van der Waals surface area contributed by atoms with Gasteiger partial charge < -0.3 is 30.0 Å². The van der Waals surface area contributed by atoms with Gasteiger partial charge in [-0.2, -0.15) is 0 Å². The number of carbonyl (C=O) groups is 3. The van der Waals surface area contributed by atoms with Crippen LogP contribution in [0.1, 0.15) is 44.6 Å². The lowest BCUT2D eigenvalue weighted by Crippen LogP contribution is -2.56. The van der Waals surface area contributed by atoms with Gasteiger partial charge in [-0.15, -0.1) is 0 Å². The Morgan fingerprint density at radius 3 is 2.09 bits per heavy atom. The van der Waals surface area contributed by atoms with Gasteiger partial charge in [0, 0.05) is 22.4 Å². The Balaban J connectivity index is 1.86. The van der Waals surface area contributed by atoms with Gasteiger partial charge in [0.1, 0.15) is 28.9 Å². The molecule has 43 heavy (non-hydrogen) atoms. The molecule has 1 aliphatic carbocycles. The Morgan fingerprint density at radius 1 is 0.930 bits per heavy atom. The van der Waals surface area contributed by atoms with E-state index in [9.17, 15) is 19.5 Å². The topological polar surface area (TPSA) is 123 Å². The fraction of sp³-hybridized carbons (Fsp3) is 0.364. The zero-order valence-corrected chi connectivity index (χ0v) is 26.3. The van der Waals surface area contributed by atoms with Crippen molar-refractivity contribution in [1.82, 2.24) is 0 Å². The number of Topliss-reactive ketones (excluding diaryl/α,β-unsaturated/α-hetero) is 1. The Bertz CT molecular complexity index is 1480. The number of ketones is 1. The maximum Gasteiger partial charge on any atom is 0.235 e. The minimum atomic E-state index is -1.79. The molecule has 3 N–H and O–H groups in total. The zero-order chi connectivity index (χ0) is 31.1. The molecule has 3 aromatic rings. The molecule has 0 radical (unpaired) electrons. The van der Waals surface area contributed by atoms with Gasteiger partial charge in [0.15, 0.2) is 0 Å². The molecule has 4 atom stereocenters. The van der Waals surface area contributed by atoms with Crippen molar-refractivity contribution in [3.63, 3.8) is 0 Å². The number of aliphatic hydroxyl groups is 1. The predicted molar refractivity (Wildman–Crippen MR) is 168 cm³/mol. The summed E-state index contributed by atoms with van der Waals surface area (Å²) in [4.78, 5) is 42.0. The van der Waals surface area contributed by atoms with Crippen molar-refractivity contribution in [3.8, 4) is 17.2 Å². The third-order valence-corrected chi connectivity index (χ3v) is 8.14. The first kappa shape index (κ1) is 32.0. The summed E-state index contributed by atoms with van der Waals surface area (Å²) in [5.41, 5.74) is -0.565. The molecular weight excluding hydrogens is 616 g/mol. The van der Waals surface area contributed by atoms with Gasteiger partial charge >= 0.3 is 0 Å². The molecule has 228 valence electrons. The summed E-state index contributed by atoms with van der Waals surface area (Å²) in [5, 5.41) is 17.4. The number of hydrogen-bond donors (Lipinski definition) is 3. The van der Waals surface area contributed by atoms with E-state index in [1.165, 1.54) is 21.1 Å². The predicted octanol–water partition coefficient (Wildman–Crippen LogP) is 5.96. The second kappa shape index (κ2) is 14.1. The van der Waals surface area contributed by atoms with E-state index in [0.29, 0.717) is 45.3 Å². The van der Waals surface area contributed by atoms with Crippen LogP contribution in [0.5, 0.6) is 17.2 Å². The molecule has 9 nitrogen and oxygen atoms in total. The van der Waals surface area contributed by atoms with Crippen molar-refractivity contribution in [2.75, 3.05) is 31.5 Å². The standard InChI is InChI=1S/C33H37BrN2O7/c1-5-6-17-43-25-16-15-20(34)18-21(25)28-29(31(38)35-22-11-7-9-13-26(22)41-3)24(37)19-33(2,40)30(28)32(39)36-23-12-8-10-14-27(23)42-4/h7-16,18,28-30,40H,5-6,17,19H2,1-4H3,(H,35,38)(H,36,39). The summed E-state index contributed by atoms with van der Waals surface area (Å²) in [6.45, 7) is 3.89. The summed E-state index contributed by atoms with van der Waals surface area (Å²) in [6.07, 6.45) is 1.28. The summed E-state index contributed by atoms with van der Waals surface area (Å²) in [5.74, 6) is -4.07. The zero-order valence-electron chi connectivity index (χ0n) is 24.7. The van der Waals surface area contributed by atoms with Gasteiger partial charge in [0.25, 0.3) is 0 Å². The van der Waals surface area contributed by atoms with E-state index in [4.69, 9.17) is 14.2 Å². The first-order chi connectivity index (χ1) is 20.6. The van der Waals surface area contributed by atoms with E-state index in [-0.39, 0.29) is 0 Å². The largest absolute Gasteiger partial charge is 0.495 e. The number of ether oxygens (including phenoxy) is 3. The molecule has 0 heterocycles. The van der Waals surface area contributed by atoms with Crippen LogP contribution in [-0.2, 0) is 14.4 Å². The number of amides is 2. The highest BCUT2D eigenvalue weighted by Gasteiger charge is 2.56. The number of nitrogens with one attached hydrogen (secondary N) is 2. The van der Waals surface area contributed by atoms with Crippen molar-refractivity contribution >= 4 is 44.9 Å². The van der Waals surface area contributed by atoms with Gasteiger partial charge in [-0.1, -0.05) is 53.5 Å². The number of para-hydroxylation sites is 4. The second-order valence-corrected chi connectivity index (χ2v) is 11.7. The molecule has 0 bridgehead atoms. The van der Waals surface area contributed by atoms with Crippen LogP contribution in [-0.4, -0.2) is 49.1 Å². The van der Waals surface area contributed by atoms with Crippen LogP contribution in [0, 0.1) is 11.8 Å². The fourth-order valence-electron chi connectivity index (χ4n) is 5.62. The van der Waals surface area contributed by atoms with Gasteiger partial charge in [-0.3, -0.25) is 14.4 Å². The Morgan fingerprint density at radius 2 is 1.51 bits per heavy atom. The van der Waals surface area contributed by atoms with Crippen molar-refractivity contribution in [2.45, 2.75) is 44.6 Å². The summed E-state index contributed by atoms with van der Waals surface area (Å²) in [6, 6.07) is 19.0. The van der Waals surface area contributed by atoms with Crippen LogP contribution in [0.4, 0.5) is 11.4 Å². The molecule has 2 amide bonds. The van der Waals surface area contributed by atoms with E-state index in [1.807, 2.05) is 6.92 Å². The summed E-state index contributed by atoms with van der Waals surface area (Å²) < 4.78 is 17.6. The van der Waals surface area contributed by atoms with E-state index in [1.54, 1.807) is 66.7 Å². The molecule has 1 aliphatic rings. The number of carbonyl (C=O) groups excluding carboxylic acids is 3. The smallest absolute Gasteiger partial charge is 0.235 e. The number of methoxy groups -OCH3 is 2. The number of rotatable bonds is 11. The van der Waals surface area contributed by atoms with Crippen molar-refractivity contribution in [3.05, 3.63) is 76.8 Å². The van der Waals surface area contributed by atoms with Crippen molar-refractivity contribution in [2.24, 2.45) is 11.8 Å². The molecular formula is C33H37BrN2O7. The second-order valence-electron chi connectivity index (χ2n) is 10.7. The lowest BCUT2D eigenvalue weighted by molar-refractivity contribution is -0.150. The van der Waals surface area contributed by atoms with Crippen LogP contribution in [0.2, 0.25) is 0 Å². The minimum absolute atomic E-state index is 0.377. The van der Waals surface area contributed by atoms with Gasteiger partial charge in [0.05, 0.1) is 43.7 Å². The highest BCUT2D eigenvalue weighted by molar-refractivity contribution is 9.10. The van der Waals surface area contributed by atoms with E-state index in [2.05, 4.69) is 26.6 Å². The average Bonchev–Trinajstić information content (AvgIpc) is 2.97. The average molecular weight is 654 g/mol. The normalized spacial score (nSPS) is 21.5. The first-order valence-electron chi connectivity index (χ1n) is 14.2. The molecule has 0 aromatic heterocycles. The van der Waals surface area contributed by atoms with E-state index < -0.39 is 47.4 Å². The van der Waals surface area contributed by atoms with Crippen LogP contribution < -0.4 is 24.8 Å². The summed E-state index contributed by atoms with van der Waals surface area (Å²) >= 11 is 3.51. The SMILES string of the molecule is CCCCOc1ccc(Br)cc1C1C(C(=O)Nc2ccccc2OC)C(=O)CC(C)(O)C1C(=O)Nc1ccccc1OC. The van der Waals surface area contributed by atoms with Crippen molar-refractivity contribution in [1.29, 1.82) is 0 Å². The number of unbranched alkanes of at least 4 members (excludes halogenated alkanes) is 1. The minimum Gasteiger partial charge on any atom is -0.495 e. The van der Waals surface area contributed by atoms with E-state index in [0.717, 1.165) is 12.8 Å². The van der Waals surface area contributed by atoms with Crippen LogP contribution in [0.3, 0.4) is 0 Å². The maximum atomic E-state index is 14.2. The Labute approximate surface area is 260 Å². The van der Waals surface area contributed by atoms with Crippen LogP contribution in [0.25, 0.3) is 0 Å². The Kier molecular flexibility index (Phi) is 10.5. The van der Waals surface area contributed by atoms with Gasteiger partial charge in [-0.25, -0.2) is 0 Å². The molecule has 1 fully saturated rings. The molecule has 4 unspecified atom stereocenters. The molecule has 3 aromatic carbocycles. The molecule has 0 aliphatic heterocycles. The lowest BCUT2D eigenvalue weighted by Gasteiger charge is -2.44. The first-order valence-corrected chi connectivity index (χ1v) is 15.0. The van der Waals surface area contributed by atoms with Gasteiger partial charge in [0.2, 0.25) is 11.8 Å². The third kappa shape index (κ3) is 7.19. The number of anilines is 2. The Hall–Kier alpha value is -3.89. The number of hydrogen-bond acceptors (Lipinski definition) is 7. The highest BCUT2D eigenvalue weighted by Crippen LogP contribution is 2.49. The summed E-state index contributed by atoms with van der Waals surface area (Å²) in [7, 11) is 2.97. The molecule has 4 rings (SSSR count). The maximum absolute atomic E-state index is 14.2. The van der Waals surface area contributed by atoms with Crippen LogP contribution in [0.15, 0.2) is 71.2 Å². The highest BCUT2D eigenvalue weighted by atomic mass is 79.9. The number of halogens is 1. The van der Waals surface area contributed by atoms with Crippen LogP contribution >= 0.6 is 15.9 Å². The molecule has 1 saturated carbocycles. The van der Waals surface area contributed by atoms with Gasteiger partial charge in [-0.05, 0) is 55.8 Å². The quantitative estimate of drug-likeness (QED) is 0.172. The fourth-order valence-corrected chi connectivity index (χ4v) is 6.00. The third-order valence-electron chi connectivity index (χ3n) is 7.65. The molecule has 10 heteroatoms. The number of benzene rings is 3. The van der Waals surface area contributed by atoms with E-state index >= 15 is 0 Å². The molecule has 0 saturated heterocycles. The lowest BCUT2D eigenvalue weighted by atomic mass is 9.61. The monoisotopic (exact) mass is 652 g/mol. The molecule has 0 spiro atoms.